The van der Waals surface area contributed by atoms with Gasteiger partial charge < -0.3 is 9.47 Å². The Hall–Kier alpha value is -2.29. The minimum Gasteiger partial charge on any atom is -0.496 e. The largest absolute Gasteiger partial charge is 0.496 e. The molecule has 0 N–H and O–H groups in total. The predicted octanol–water partition coefficient (Wildman–Crippen LogP) is 5.99. The predicted molar refractivity (Wildman–Crippen MR) is 109 cm³/mol. The van der Waals surface area contributed by atoms with E-state index in [1.54, 1.807) is 7.11 Å². The van der Waals surface area contributed by atoms with E-state index in [0.717, 1.165) is 5.75 Å². The van der Waals surface area contributed by atoms with Gasteiger partial charge in [0.2, 0.25) is 0 Å². The highest BCUT2D eigenvalue weighted by molar-refractivity contribution is 5.69. The first kappa shape index (κ1) is 19.5. The number of carbonyl (C=O) groups is 1. The molecule has 0 heterocycles. The Morgan fingerprint density at radius 3 is 2.19 bits per heavy atom. The van der Waals surface area contributed by atoms with Crippen molar-refractivity contribution in [2.45, 2.75) is 64.2 Å². The number of esters is 1. The maximum absolute atomic E-state index is 11.1. The Kier molecular flexibility index (Phi) is 5.88. The molecule has 2 aromatic carbocycles. The van der Waals surface area contributed by atoms with Crippen LogP contribution in [0.3, 0.4) is 0 Å². The molecule has 0 radical (unpaired) electrons. The molecule has 1 saturated carbocycles. The lowest BCUT2D eigenvalue weighted by Gasteiger charge is -2.30. The van der Waals surface area contributed by atoms with Crippen molar-refractivity contribution < 1.29 is 14.3 Å². The summed E-state index contributed by atoms with van der Waals surface area (Å²) >= 11 is 0. The molecule has 0 unspecified atom stereocenters. The van der Waals surface area contributed by atoms with Crippen molar-refractivity contribution in [3.63, 3.8) is 0 Å². The molecule has 0 spiro atoms. The maximum atomic E-state index is 11.1. The summed E-state index contributed by atoms with van der Waals surface area (Å²) in [5.41, 5.74) is 3.67. The van der Waals surface area contributed by atoms with Crippen LogP contribution in [0.1, 0.15) is 75.5 Å². The highest BCUT2D eigenvalue weighted by atomic mass is 16.5. The molecule has 3 heteroatoms. The minimum atomic E-state index is -0.297. The minimum absolute atomic E-state index is 0.148. The lowest BCUT2D eigenvalue weighted by molar-refractivity contribution is -0.131. The van der Waals surface area contributed by atoms with Gasteiger partial charge in [0.05, 0.1) is 7.11 Å². The average Bonchev–Trinajstić information content (AvgIpc) is 2.68. The van der Waals surface area contributed by atoms with E-state index in [0.29, 0.717) is 11.7 Å². The molecule has 2 aromatic rings. The molecule has 1 fully saturated rings. The summed E-state index contributed by atoms with van der Waals surface area (Å²) in [4.78, 5) is 11.1. The van der Waals surface area contributed by atoms with Crippen LogP contribution >= 0.6 is 0 Å². The Labute approximate surface area is 162 Å². The van der Waals surface area contributed by atoms with Gasteiger partial charge in [-0.1, -0.05) is 57.4 Å². The first-order valence-corrected chi connectivity index (χ1v) is 9.89. The molecule has 1 aliphatic carbocycles. The highest BCUT2D eigenvalue weighted by Crippen LogP contribution is 2.41. The van der Waals surface area contributed by atoms with Gasteiger partial charge in [-0.15, -0.1) is 0 Å². The fourth-order valence-corrected chi connectivity index (χ4v) is 4.13. The van der Waals surface area contributed by atoms with Crippen LogP contribution in [0.5, 0.6) is 11.5 Å². The second-order valence-electron chi connectivity index (χ2n) is 8.03. The second-order valence-corrected chi connectivity index (χ2v) is 8.03. The van der Waals surface area contributed by atoms with E-state index in [4.69, 9.17) is 9.47 Å². The van der Waals surface area contributed by atoms with E-state index in [1.165, 1.54) is 55.7 Å². The van der Waals surface area contributed by atoms with Crippen molar-refractivity contribution in [3.8, 4) is 11.5 Å². The molecule has 144 valence electrons. The monoisotopic (exact) mass is 366 g/mol. The first-order chi connectivity index (χ1) is 12.9. The van der Waals surface area contributed by atoms with Crippen LogP contribution in [-0.4, -0.2) is 13.1 Å². The second kappa shape index (κ2) is 8.16. The van der Waals surface area contributed by atoms with Gasteiger partial charge in [0.15, 0.2) is 0 Å². The highest BCUT2D eigenvalue weighted by Gasteiger charge is 2.26. The first-order valence-electron chi connectivity index (χ1n) is 9.89. The Morgan fingerprint density at radius 1 is 0.963 bits per heavy atom. The van der Waals surface area contributed by atoms with Gasteiger partial charge in [0.1, 0.15) is 11.5 Å². The molecular weight excluding hydrogens is 336 g/mol. The van der Waals surface area contributed by atoms with Gasteiger partial charge in [0, 0.05) is 12.3 Å². The zero-order valence-corrected chi connectivity index (χ0v) is 16.9. The lowest BCUT2D eigenvalue weighted by Crippen LogP contribution is -2.20. The van der Waals surface area contributed by atoms with Crippen molar-refractivity contribution in [1.82, 2.24) is 0 Å². The van der Waals surface area contributed by atoms with E-state index in [9.17, 15) is 4.79 Å². The number of rotatable bonds is 5. The van der Waals surface area contributed by atoms with Crippen molar-refractivity contribution in [1.29, 1.82) is 0 Å². The molecule has 0 aliphatic heterocycles. The van der Waals surface area contributed by atoms with Crippen LogP contribution in [-0.2, 0) is 10.2 Å². The van der Waals surface area contributed by atoms with Gasteiger partial charge in [-0.3, -0.25) is 4.79 Å². The lowest BCUT2D eigenvalue weighted by atomic mass is 9.75. The van der Waals surface area contributed by atoms with Crippen LogP contribution in [0.4, 0.5) is 0 Å². The van der Waals surface area contributed by atoms with E-state index in [2.05, 4.69) is 32.0 Å². The van der Waals surface area contributed by atoms with Gasteiger partial charge in [-0.2, -0.15) is 0 Å². The molecule has 0 atom stereocenters. The topological polar surface area (TPSA) is 35.5 Å². The summed E-state index contributed by atoms with van der Waals surface area (Å²) in [5.74, 6) is 1.89. The number of benzene rings is 2. The molecule has 0 aromatic heterocycles. The normalized spacial score (nSPS) is 15.4. The molecule has 3 rings (SSSR count). The van der Waals surface area contributed by atoms with E-state index >= 15 is 0 Å². The third-order valence-corrected chi connectivity index (χ3v) is 5.83. The third-order valence-electron chi connectivity index (χ3n) is 5.83. The summed E-state index contributed by atoms with van der Waals surface area (Å²) < 4.78 is 10.8. The van der Waals surface area contributed by atoms with Crippen molar-refractivity contribution in [2.75, 3.05) is 7.11 Å². The van der Waals surface area contributed by atoms with Crippen LogP contribution in [0, 0.1) is 0 Å². The summed E-state index contributed by atoms with van der Waals surface area (Å²) in [6.45, 7) is 5.89. The molecule has 3 nitrogen and oxygen atoms in total. The number of hydrogen-bond acceptors (Lipinski definition) is 3. The number of ether oxygens (including phenoxy) is 2. The molecular formula is C24H30O3. The molecule has 27 heavy (non-hydrogen) atoms. The van der Waals surface area contributed by atoms with Gasteiger partial charge in [-0.05, 0) is 53.6 Å². The van der Waals surface area contributed by atoms with Crippen molar-refractivity contribution in [3.05, 3.63) is 59.2 Å². The van der Waals surface area contributed by atoms with Gasteiger partial charge in [0.25, 0.3) is 0 Å². The summed E-state index contributed by atoms with van der Waals surface area (Å²) in [7, 11) is 1.76. The zero-order valence-electron chi connectivity index (χ0n) is 16.9. The Morgan fingerprint density at radius 2 is 1.59 bits per heavy atom. The summed E-state index contributed by atoms with van der Waals surface area (Å²) in [5, 5.41) is 0. The van der Waals surface area contributed by atoms with Crippen LogP contribution < -0.4 is 9.47 Å². The standard InChI is InChI=1S/C24H30O3/c1-17(25)27-21-13-10-19(11-14-21)24(2,3)20-12-15-23(26-4)22(16-20)18-8-6-5-7-9-18/h10-16,18H,5-9H2,1-4H3. The van der Waals surface area contributed by atoms with E-state index < -0.39 is 0 Å². The smallest absolute Gasteiger partial charge is 0.308 e. The van der Waals surface area contributed by atoms with Crippen molar-refractivity contribution in [2.24, 2.45) is 0 Å². The fourth-order valence-electron chi connectivity index (χ4n) is 4.13. The van der Waals surface area contributed by atoms with E-state index in [1.807, 2.05) is 24.3 Å². The molecule has 1 aliphatic rings. The summed E-state index contributed by atoms with van der Waals surface area (Å²) in [6.07, 6.45) is 6.45. The van der Waals surface area contributed by atoms with Crippen LogP contribution in [0.15, 0.2) is 42.5 Å². The third kappa shape index (κ3) is 4.35. The van der Waals surface area contributed by atoms with Crippen LogP contribution in [0.2, 0.25) is 0 Å². The van der Waals surface area contributed by atoms with Gasteiger partial charge in [-0.25, -0.2) is 0 Å². The van der Waals surface area contributed by atoms with E-state index in [-0.39, 0.29) is 11.4 Å². The average molecular weight is 367 g/mol. The van der Waals surface area contributed by atoms with Crippen LogP contribution in [0.25, 0.3) is 0 Å². The molecule has 0 saturated heterocycles. The summed E-state index contributed by atoms with van der Waals surface area (Å²) in [6, 6.07) is 14.5. The van der Waals surface area contributed by atoms with Crippen molar-refractivity contribution >= 4 is 5.97 Å². The SMILES string of the molecule is COc1ccc(C(C)(C)c2ccc(OC(C)=O)cc2)cc1C1CCCCC1. The number of carbonyl (C=O) groups excluding carboxylic acids is 1. The zero-order chi connectivity index (χ0) is 19.4. The maximum Gasteiger partial charge on any atom is 0.308 e. The van der Waals surface area contributed by atoms with Gasteiger partial charge >= 0.3 is 5.97 Å². The Balaban J connectivity index is 1.92. The quantitative estimate of drug-likeness (QED) is 0.481. The fraction of sp³-hybridized carbons (Fsp3) is 0.458. The molecule has 0 bridgehead atoms. The number of hydrogen-bond donors (Lipinski definition) is 0. The Bertz CT molecular complexity index is 784. The molecule has 0 amide bonds. The number of methoxy groups -OCH3 is 1.